The molecule has 2 N–H and O–H groups in total. The first-order valence-corrected chi connectivity index (χ1v) is 4.16. The van der Waals surface area contributed by atoms with Crippen LogP contribution in [0.25, 0.3) is 10.9 Å². The molecule has 68 valence electrons. The number of aromatic nitrogens is 1. The van der Waals surface area contributed by atoms with Crippen molar-refractivity contribution in [3.63, 3.8) is 0 Å². The Morgan fingerprint density at radius 2 is 2.15 bits per heavy atom. The summed E-state index contributed by atoms with van der Waals surface area (Å²) in [7, 11) is 1.93. The van der Waals surface area contributed by atoms with E-state index in [9.17, 15) is 4.39 Å². The van der Waals surface area contributed by atoms with Crippen molar-refractivity contribution in [1.29, 1.82) is 0 Å². The summed E-state index contributed by atoms with van der Waals surface area (Å²) in [5.74, 6) is -0.207. The SMILES string of the molecule is Cn1c(CN)cc2cc(F)ccc21. The number of nitrogens with two attached hydrogens (primary N) is 1. The number of rotatable bonds is 1. The molecule has 0 bridgehead atoms. The number of nitrogens with zero attached hydrogens (tertiary/aromatic N) is 1. The summed E-state index contributed by atoms with van der Waals surface area (Å²) in [4.78, 5) is 0. The van der Waals surface area contributed by atoms with Gasteiger partial charge in [-0.15, -0.1) is 0 Å². The minimum absolute atomic E-state index is 0.207. The van der Waals surface area contributed by atoms with Crippen LogP contribution in [-0.4, -0.2) is 4.57 Å². The molecule has 0 saturated heterocycles. The first-order chi connectivity index (χ1) is 6.22. The third-order valence-electron chi connectivity index (χ3n) is 2.31. The van der Waals surface area contributed by atoms with Crippen LogP contribution in [0.3, 0.4) is 0 Å². The largest absolute Gasteiger partial charge is 0.346 e. The van der Waals surface area contributed by atoms with Crippen LogP contribution in [0.15, 0.2) is 24.3 Å². The van der Waals surface area contributed by atoms with E-state index in [2.05, 4.69) is 0 Å². The Morgan fingerprint density at radius 1 is 1.38 bits per heavy atom. The number of benzene rings is 1. The average Bonchev–Trinajstić information content (AvgIpc) is 2.42. The quantitative estimate of drug-likeness (QED) is 0.709. The van der Waals surface area contributed by atoms with Crippen molar-refractivity contribution in [2.24, 2.45) is 12.8 Å². The second-order valence-corrected chi connectivity index (χ2v) is 3.10. The second kappa shape index (κ2) is 2.85. The molecule has 1 aromatic heterocycles. The Bertz CT molecular complexity index is 445. The molecule has 0 radical (unpaired) electrons. The molecule has 0 spiro atoms. The zero-order valence-corrected chi connectivity index (χ0v) is 7.42. The van der Waals surface area contributed by atoms with E-state index in [4.69, 9.17) is 5.73 Å². The Hall–Kier alpha value is -1.35. The number of hydrogen-bond donors (Lipinski definition) is 1. The molecule has 1 heterocycles. The average molecular weight is 178 g/mol. The van der Waals surface area contributed by atoms with Crippen LogP contribution in [0.4, 0.5) is 4.39 Å². The van der Waals surface area contributed by atoms with Gasteiger partial charge in [0, 0.05) is 30.2 Å². The zero-order chi connectivity index (χ0) is 9.42. The summed E-state index contributed by atoms with van der Waals surface area (Å²) in [6.07, 6.45) is 0. The fraction of sp³-hybridized carbons (Fsp3) is 0.200. The molecule has 13 heavy (non-hydrogen) atoms. The van der Waals surface area contributed by atoms with E-state index < -0.39 is 0 Å². The first kappa shape index (κ1) is 8.26. The molecule has 2 rings (SSSR count). The van der Waals surface area contributed by atoms with E-state index in [1.165, 1.54) is 12.1 Å². The predicted molar refractivity (Wildman–Crippen MR) is 50.8 cm³/mol. The van der Waals surface area contributed by atoms with Gasteiger partial charge in [-0.3, -0.25) is 0 Å². The minimum Gasteiger partial charge on any atom is -0.346 e. The molecule has 2 aromatic rings. The van der Waals surface area contributed by atoms with Crippen molar-refractivity contribution >= 4 is 10.9 Å². The maximum Gasteiger partial charge on any atom is 0.123 e. The maximum atomic E-state index is 12.8. The molecule has 0 unspecified atom stereocenters. The first-order valence-electron chi connectivity index (χ1n) is 4.16. The van der Waals surface area contributed by atoms with Gasteiger partial charge in [-0.2, -0.15) is 0 Å². The molecule has 0 aliphatic rings. The lowest BCUT2D eigenvalue weighted by Crippen LogP contribution is -2.02. The Kier molecular flexibility index (Phi) is 1.81. The topological polar surface area (TPSA) is 30.9 Å². The van der Waals surface area contributed by atoms with E-state index in [0.717, 1.165) is 16.6 Å². The highest BCUT2D eigenvalue weighted by Gasteiger charge is 2.04. The summed E-state index contributed by atoms with van der Waals surface area (Å²) in [6.45, 7) is 0.479. The van der Waals surface area contributed by atoms with Gasteiger partial charge in [-0.25, -0.2) is 4.39 Å². The van der Waals surface area contributed by atoms with Gasteiger partial charge in [-0.05, 0) is 24.3 Å². The third-order valence-corrected chi connectivity index (χ3v) is 2.31. The van der Waals surface area contributed by atoms with E-state index >= 15 is 0 Å². The molecule has 3 heteroatoms. The monoisotopic (exact) mass is 178 g/mol. The lowest BCUT2D eigenvalue weighted by Gasteiger charge is -1.99. The van der Waals surface area contributed by atoms with Crippen LogP contribution in [0, 0.1) is 5.82 Å². The number of fused-ring (bicyclic) bond motifs is 1. The van der Waals surface area contributed by atoms with Crippen molar-refractivity contribution in [3.05, 3.63) is 35.8 Å². The van der Waals surface area contributed by atoms with Crippen LogP contribution in [-0.2, 0) is 13.6 Å². The van der Waals surface area contributed by atoms with Crippen LogP contribution in [0.5, 0.6) is 0 Å². The Morgan fingerprint density at radius 3 is 2.85 bits per heavy atom. The van der Waals surface area contributed by atoms with Gasteiger partial charge < -0.3 is 10.3 Å². The second-order valence-electron chi connectivity index (χ2n) is 3.10. The summed E-state index contributed by atoms with van der Waals surface area (Å²) in [5.41, 5.74) is 7.57. The molecule has 0 amide bonds. The van der Waals surface area contributed by atoms with Gasteiger partial charge in [0.1, 0.15) is 5.82 Å². The van der Waals surface area contributed by atoms with Crippen LogP contribution < -0.4 is 5.73 Å². The standard InChI is InChI=1S/C10H11FN2/c1-13-9(6-12)5-7-4-8(11)2-3-10(7)13/h2-5H,6,12H2,1H3. The smallest absolute Gasteiger partial charge is 0.123 e. The highest BCUT2D eigenvalue weighted by atomic mass is 19.1. The third kappa shape index (κ3) is 1.21. The van der Waals surface area contributed by atoms with Crippen LogP contribution in [0.1, 0.15) is 5.69 Å². The Balaban J connectivity index is 2.76. The van der Waals surface area contributed by atoms with Crippen molar-refractivity contribution in [3.8, 4) is 0 Å². The molecular weight excluding hydrogens is 167 g/mol. The van der Waals surface area contributed by atoms with Crippen molar-refractivity contribution in [1.82, 2.24) is 4.57 Å². The van der Waals surface area contributed by atoms with E-state index in [0.29, 0.717) is 6.54 Å². The molecule has 0 aliphatic carbocycles. The van der Waals surface area contributed by atoms with Crippen molar-refractivity contribution in [2.45, 2.75) is 6.54 Å². The lowest BCUT2D eigenvalue weighted by molar-refractivity contribution is 0.629. The normalized spacial score (nSPS) is 11.0. The summed E-state index contributed by atoms with van der Waals surface area (Å²) in [6, 6.07) is 6.67. The highest BCUT2D eigenvalue weighted by molar-refractivity contribution is 5.81. The van der Waals surface area contributed by atoms with Gasteiger partial charge in [0.05, 0.1) is 0 Å². The summed E-state index contributed by atoms with van der Waals surface area (Å²) in [5, 5.41) is 0.906. The summed E-state index contributed by atoms with van der Waals surface area (Å²) < 4.78 is 14.8. The zero-order valence-electron chi connectivity index (χ0n) is 7.42. The molecule has 0 atom stereocenters. The summed E-state index contributed by atoms with van der Waals surface area (Å²) >= 11 is 0. The fourth-order valence-electron chi connectivity index (χ4n) is 1.57. The fourth-order valence-corrected chi connectivity index (χ4v) is 1.57. The number of aryl methyl sites for hydroxylation is 1. The molecular formula is C10H11FN2. The van der Waals surface area contributed by atoms with Crippen LogP contribution >= 0.6 is 0 Å². The van der Waals surface area contributed by atoms with Crippen molar-refractivity contribution in [2.75, 3.05) is 0 Å². The van der Waals surface area contributed by atoms with Gasteiger partial charge in [-0.1, -0.05) is 0 Å². The van der Waals surface area contributed by atoms with E-state index in [1.807, 2.05) is 17.7 Å². The van der Waals surface area contributed by atoms with Gasteiger partial charge in [0.25, 0.3) is 0 Å². The minimum atomic E-state index is -0.207. The Labute approximate surface area is 75.8 Å². The predicted octanol–water partition coefficient (Wildman–Crippen LogP) is 1.78. The van der Waals surface area contributed by atoms with E-state index in [-0.39, 0.29) is 5.82 Å². The lowest BCUT2D eigenvalue weighted by atomic mass is 10.2. The van der Waals surface area contributed by atoms with Crippen LogP contribution in [0.2, 0.25) is 0 Å². The van der Waals surface area contributed by atoms with Gasteiger partial charge in [0.15, 0.2) is 0 Å². The number of hydrogen-bond acceptors (Lipinski definition) is 1. The van der Waals surface area contributed by atoms with E-state index in [1.54, 1.807) is 6.07 Å². The molecule has 0 aliphatic heterocycles. The van der Waals surface area contributed by atoms with Gasteiger partial charge in [0.2, 0.25) is 0 Å². The molecule has 2 nitrogen and oxygen atoms in total. The molecule has 0 saturated carbocycles. The van der Waals surface area contributed by atoms with Crippen molar-refractivity contribution < 1.29 is 4.39 Å². The molecule has 1 aromatic carbocycles. The molecule has 0 fully saturated rings. The number of halogens is 1. The maximum absolute atomic E-state index is 12.8. The highest BCUT2D eigenvalue weighted by Crippen LogP contribution is 2.19. The van der Waals surface area contributed by atoms with Gasteiger partial charge >= 0.3 is 0 Å².